The van der Waals surface area contributed by atoms with Crippen molar-refractivity contribution in [2.75, 3.05) is 0 Å². The molecule has 3 N–H and O–H groups in total. The van der Waals surface area contributed by atoms with Crippen LogP contribution in [0.1, 0.15) is 44.6 Å². The minimum absolute atomic E-state index is 0. The molecule has 2 bridgehead atoms. The third kappa shape index (κ3) is 4.85. The van der Waals surface area contributed by atoms with Gasteiger partial charge in [0.15, 0.2) is 0 Å². The zero-order valence-corrected chi connectivity index (χ0v) is 15.8. The van der Waals surface area contributed by atoms with E-state index in [-0.39, 0.29) is 36.8 Å². The highest BCUT2D eigenvalue weighted by atomic mass is 35.5. The van der Waals surface area contributed by atoms with E-state index in [1.807, 2.05) is 6.92 Å². The predicted molar refractivity (Wildman–Crippen MR) is 103 cm³/mol. The zero-order valence-electron chi connectivity index (χ0n) is 14.2. The number of piperidine rings is 1. The molecule has 2 heterocycles. The molecule has 0 saturated carbocycles. The number of hydrogen-bond acceptors (Lipinski definition) is 3. The summed E-state index contributed by atoms with van der Waals surface area (Å²) in [6.07, 6.45) is 5.33. The minimum Gasteiger partial charge on any atom is -0.352 e. The highest BCUT2D eigenvalue weighted by Gasteiger charge is 2.41. The van der Waals surface area contributed by atoms with Gasteiger partial charge in [-0.25, -0.2) is 0 Å². The van der Waals surface area contributed by atoms with Gasteiger partial charge in [0.2, 0.25) is 5.91 Å². The molecule has 136 valence electrons. The van der Waals surface area contributed by atoms with Gasteiger partial charge in [-0.3, -0.25) is 9.69 Å². The van der Waals surface area contributed by atoms with Crippen molar-refractivity contribution in [3.05, 3.63) is 35.9 Å². The normalized spacial score (nSPS) is 26.8. The van der Waals surface area contributed by atoms with Gasteiger partial charge in [-0.05, 0) is 37.7 Å². The third-order valence-corrected chi connectivity index (χ3v) is 5.22. The lowest BCUT2D eigenvalue weighted by Crippen LogP contribution is -2.52. The molecule has 0 aromatic heterocycles. The highest BCUT2D eigenvalue weighted by molar-refractivity contribution is 5.85. The molecule has 6 heteroatoms. The van der Waals surface area contributed by atoms with Gasteiger partial charge >= 0.3 is 0 Å². The van der Waals surface area contributed by atoms with Crippen molar-refractivity contribution in [3.63, 3.8) is 0 Å². The molecular formula is C18H29Cl2N3O. The number of rotatable bonds is 5. The average Bonchev–Trinajstić information content (AvgIpc) is 2.77. The SMILES string of the molecule is CC[C@H](N)C(=O)NC1CC2CCC(C1)N2Cc1ccccc1.Cl.Cl. The Morgan fingerprint density at radius 3 is 2.33 bits per heavy atom. The standard InChI is InChI=1S/C18H27N3O.2ClH/c1-2-17(19)18(22)20-14-10-15-8-9-16(11-14)21(15)12-13-6-4-3-5-7-13;;/h3-7,14-17H,2,8-12,19H2,1H3,(H,20,22);2*1H/t14?,15?,16?,17-;;/m0../s1. The van der Waals surface area contributed by atoms with E-state index in [2.05, 4.69) is 40.5 Å². The molecule has 0 aliphatic carbocycles. The Bertz CT molecular complexity index is 500. The number of amides is 1. The second-order valence-electron chi connectivity index (χ2n) is 6.73. The minimum atomic E-state index is -0.361. The number of nitrogens with two attached hydrogens (primary N) is 1. The summed E-state index contributed by atoms with van der Waals surface area (Å²) < 4.78 is 0. The summed E-state index contributed by atoms with van der Waals surface area (Å²) in [4.78, 5) is 14.6. The topological polar surface area (TPSA) is 58.4 Å². The van der Waals surface area contributed by atoms with Crippen molar-refractivity contribution < 1.29 is 4.79 Å². The van der Waals surface area contributed by atoms with Crippen molar-refractivity contribution in [3.8, 4) is 0 Å². The van der Waals surface area contributed by atoms with Crippen molar-refractivity contribution in [1.82, 2.24) is 10.2 Å². The molecule has 2 saturated heterocycles. The average molecular weight is 374 g/mol. The van der Waals surface area contributed by atoms with Crippen molar-refractivity contribution in [2.45, 2.75) is 69.7 Å². The fraction of sp³-hybridized carbons (Fsp3) is 0.611. The van der Waals surface area contributed by atoms with Gasteiger partial charge in [0.1, 0.15) is 0 Å². The molecular weight excluding hydrogens is 345 g/mol. The summed E-state index contributed by atoms with van der Waals surface area (Å²) in [7, 11) is 0. The number of hydrogen-bond donors (Lipinski definition) is 2. The molecule has 0 radical (unpaired) electrons. The quantitative estimate of drug-likeness (QED) is 0.833. The van der Waals surface area contributed by atoms with Gasteiger partial charge in [-0.15, -0.1) is 24.8 Å². The molecule has 4 nitrogen and oxygen atoms in total. The first kappa shape index (κ1) is 21.2. The summed E-state index contributed by atoms with van der Waals surface area (Å²) in [5.74, 6) is 0.0170. The van der Waals surface area contributed by atoms with Crippen LogP contribution in [0.2, 0.25) is 0 Å². The second kappa shape index (κ2) is 9.62. The lowest BCUT2D eigenvalue weighted by Gasteiger charge is -2.39. The van der Waals surface area contributed by atoms with Crippen LogP contribution in [0.3, 0.4) is 0 Å². The van der Waals surface area contributed by atoms with Crippen LogP contribution in [0.4, 0.5) is 0 Å². The predicted octanol–water partition coefficient (Wildman–Crippen LogP) is 2.88. The van der Waals surface area contributed by atoms with Crippen LogP contribution < -0.4 is 11.1 Å². The maximum atomic E-state index is 12.0. The fourth-order valence-corrected chi connectivity index (χ4v) is 3.94. The van der Waals surface area contributed by atoms with Crippen LogP contribution in [-0.4, -0.2) is 35.0 Å². The zero-order chi connectivity index (χ0) is 15.5. The number of nitrogens with zero attached hydrogens (tertiary/aromatic N) is 1. The van der Waals surface area contributed by atoms with Crippen LogP contribution in [-0.2, 0) is 11.3 Å². The molecule has 3 rings (SSSR count). The fourth-order valence-electron chi connectivity index (χ4n) is 3.94. The lowest BCUT2D eigenvalue weighted by molar-refractivity contribution is -0.123. The maximum Gasteiger partial charge on any atom is 0.237 e. The first-order chi connectivity index (χ1) is 10.7. The van der Waals surface area contributed by atoms with Gasteiger partial charge in [0, 0.05) is 24.7 Å². The number of fused-ring (bicyclic) bond motifs is 2. The van der Waals surface area contributed by atoms with Crippen molar-refractivity contribution >= 4 is 30.7 Å². The Balaban J connectivity index is 0.00000144. The Morgan fingerprint density at radius 2 is 1.79 bits per heavy atom. The van der Waals surface area contributed by atoms with Crippen molar-refractivity contribution in [2.24, 2.45) is 5.73 Å². The second-order valence-corrected chi connectivity index (χ2v) is 6.73. The molecule has 24 heavy (non-hydrogen) atoms. The Kier molecular flexibility index (Phi) is 8.51. The van der Waals surface area contributed by atoms with Crippen LogP contribution in [0.25, 0.3) is 0 Å². The molecule has 2 aliphatic heterocycles. The third-order valence-electron chi connectivity index (χ3n) is 5.22. The Labute approximate surface area is 157 Å². The molecule has 3 atom stereocenters. The molecule has 2 fully saturated rings. The Hall–Kier alpha value is -0.810. The van der Waals surface area contributed by atoms with Crippen LogP contribution in [0.15, 0.2) is 30.3 Å². The maximum absolute atomic E-state index is 12.0. The number of benzene rings is 1. The highest BCUT2D eigenvalue weighted by Crippen LogP contribution is 2.36. The summed E-state index contributed by atoms with van der Waals surface area (Å²) in [5, 5.41) is 3.16. The summed E-state index contributed by atoms with van der Waals surface area (Å²) >= 11 is 0. The molecule has 0 spiro atoms. The molecule has 1 aromatic rings. The number of nitrogens with one attached hydrogen (secondary N) is 1. The van der Waals surface area contributed by atoms with E-state index in [4.69, 9.17) is 5.73 Å². The summed E-state index contributed by atoms with van der Waals surface area (Å²) in [5.41, 5.74) is 7.21. The van der Waals surface area contributed by atoms with Crippen LogP contribution in [0, 0.1) is 0 Å². The largest absolute Gasteiger partial charge is 0.352 e. The monoisotopic (exact) mass is 373 g/mol. The van der Waals surface area contributed by atoms with Gasteiger partial charge < -0.3 is 11.1 Å². The van der Waals surface area contributed by atoms with Crippen LogP contribution in [0.5, 0.6) is 0 Å². The van der Waals surface area contributed by atoms with Gasteiger partial charge in [-0.2, -0.15) is 0 Å². The van der Waals surface area contributed by atoms with Gasteiger partial charge in [0.25, 0.3) is 0 Å². The van der Waals surface area contributed by atoms with E-state index >= 15 is 0 Å². The first-order valence-corrected chi connectivity index (χ1v) is 8.53. The molecule has 2 aliphatic rings. The molecule has 2 unspecified atom stereocenters. The first-order valence-electron chi connectivity index (χ1n) is 8.53. The molecule has 1 amide bonds. The summed E-state index contributed by atoms with van der Waals surface area (Å²) in [6.45, 7) is 2.99. The summed E-state index contributed by atoms with van der Waals surface area (Å²) in [6, 6.07) is 11.8. The van der Waals surface area contributed by atoms with Gasteiger partial charge in [-0.1, -0.05) is 37.3 Å². The number of halogens is 2. The van der Waals surface area contributed by atoms with E-state index in [0.29, 0.717) is 24.5 Å². The van der Waals surface area contributed by atoms with E-state index in [9.17, 15) is 4.79 Å². The molecule has 1 aromatic carbocycles. The number of carbonyl (C=O) groups excluding carboxylic acids is 1. The van der Waals surface area contributed by atoms with Gasteiger partial charge in [0.05, 0.1) is 6.04 Å². The van der Waals surface area contributed by atoms with E-state index in [1.165, 1.54) is 18.4 Å². The van der Waals surface area contributed by atoms with Crippen LogP contribution >= 0.6 is 24.8 Å². The van der Waals surface area contributed by atoms with E-state index < -0.39 is 0 Å². The Morgan fingerprint density at radius 1 is 1.21 bits per heavy atom. The van der Waals surface area contributed by atoms with E-state index in [0.717, 1.165) is 19.4 Å². The lowest BCUT2D eigenvalue weighted by atomic mass is 9.96. The van der Waals surface area contributed by atoms with Crippen molar-refractivity contribution in [1.29, 1.82) is 0 Å². The number of carbonyl (C=O) groups is 1. The van der Waals surface area contributed by atoms with E-state index in [1.54, 1.807) is 0 Å². The smallest absolute Gasteiger partial charge is 0.237 e.